The van der Waals surface area contributed by atoms with Gasteiger partial charge in [-0.25, -0.2) is 9.97 Å². The molecule has 0 unspecified atom stereocenters. The SMILES string of the molecule is O=C1CCc2c(Oc3ccc4c(c3)CN(c3nc5c([nH]3)CNCC5)CO4)ccnc2N1. The number of imidazole rings is 1. The van der Waals surface area contributed by atoms with Gasteiger partial charge in [-0.05, 0) is 30.7 Å². The van der Waals surface area contributed by atoms with E-state index in [4.69, 9.17) is 14.5 Å². The smallest absolute Gasteiger partial charge is 0.225 e. The molecule has 0 aliphatic carbocycles. The molecule has 5 heterocycles. The lowest BCUT2D eigenvalue weighted by Gasteiger charge is -2.29. The van der Waals surface area contributed by atoms with Gasteiger partial charge in [-0.3, -0.25) is 4.79 Å². The van der Waals surface area contributed by atoms with Crippen LogP contribution in [-0.4, -0.2) is 34.1 Å². The van der Waals surface area contributed by atoms with Gasteiger partial charge in [0.25, 0.3) is 0 Å². The van der Waals surface area contributed by atoms with Gasteiger partial charge in [0.15, 0.2) is 6.73 Å². The van der Waals surface area contributed by atoms with Gasteiger partial charge in [0.1, 0.15) is 23.1 Å². The maximum Gasteiger partial charge on any atom is 0.225 e. The number of hydrogen-bond donors (Lipinski definition) is 3. The second-order valence-corrected chi connectivity index (χ2v) is 7.94. The highest BCUT2D eigenvalue weighted by Crippen LogP contribution is 2.36. The third kappa shape index (κ3) is 3.36. The van der Waals surface area contributed by atoms with Crippen LogP contribution in [0.2, 0.25) is 0 Å². The van der Waals surface area contributed by atoms with Crippen LogP contribution in [0.25, 0.3) is 0 Å². The number of amides is 1. The number of H-pyrrole nitrogens is 1. The minimum Gasteiger partial charge on any atom is -0.473 e. The van der Waals surface area contributed by atoms with Crippen molar-refractivity contribution in [1.82, 2.24) is 20.3 Å². The Hall–Kier alpha value is -3.59. The lowest BCUT2D eigenvalue weighted by molar-refractivity contribution is -0.116. The quantitative estimate of drug-likeness (QED) is 0.600. The summed E-state index contributed by atoms with van der Waals surface area (Å²) in [6.07, 6.45) is 3.64. The number of aromatic nitrogens is 3. The summed E-state index contributed by atoms with van der Waals surface area (Å²) in [5.74, 6) is 3.69. The van der Waals surface area contributed by atoms with E-state index in [9.17, 15) is 4.79 Å². The van der Waals surface area contributed by atoms with Crippen molar-refractivity contribution in [2.24, 2.45) is 0 Å². The fraction of sp³-hybridized carbons (Fsp3) is 0.318. The van der Waals surface area contributed by atoms with Crippen LogP contribution in [-0.2, 0) is 30.7 Å². The Morgan fingerprint density at radius 2 is 2.13 bits per heavy atom. The Bertz CT molecular complexity index is 1150. The van der Waals surface area contributed by atoms with Crippen LogP contribution in [0.3, 0.4) is 0 Å². The number of anilines is 2. The molecule has 0 saturated carbocycles. The Balaban J connectivity index is 1.24. The summed E-state index contributed by atoms with van der Waals surface area (Å²) in [7, 11) is 0. The van der Waals surface area contributed by atoms with Gasteiger partial charge in [-0.1, -0.05) is 0 Å². The van der Waals surface area contributed by atoms with Crippen molar-refractivity contribution in [3.05, 3.63) is 53.0 Å². The fourth-order valence-corrected chi connectivity index (χ4v) is 4.25. The van der Waals surface area contributed by atoms with Gasteiger partial charge < -0.3 is 30.0 Å². The number of ether oxygens (including phenoxy) is 2. The molecule has 0 saturated heterocycles. The zero-order valence-electron chi connectivity index (χ0n) is 16.9. The average Bonchev–Trinajstić information content (AvgIpc) is 3.23. The van der Waals surface area contributed by atoms with E-state index in [1.165, 1.54) is 0 Å². The van der Waals surface area contributed by atoms with Crippen molar-refractivity contribution in [2.45, 2.75) is 32.4 Å². The highest BCUT2D eigenvalue weighted by Gasteiger charge is 2.24. The van der Waals surface area contributed by atoms with E-state index in [1.807, 2.05) is 24.3 Å². The van der Waals surface area contributed by atoms with E-state index in [1.54, 1.807) is 6.20 Å². The third-order valence-electron chi connectivity index (χ3n) is 5.86. The van der Waals surface area contributed by atoms with E-state index >= 15 is 0 Å². The van der Waals surface area contributed by atoms with Crippen molar-refractivity contribution in [2.75, 3.05) is 23.5 Å². The van der Waals surface area contributed by atoms with Gasteiger partial charge in [0, 0.05) is 43.3 Å². The lowest BCUT2D eigenvalue weighted by Crippen LogP contribution is -2.32. The summed E-state index contributed by atoms with van der Waals surface area (Å²) in [4.78, 5) is 26.2. The summed E-state index contributed by atoms with van der Waals surface area (Å²) < 4.78 is 12.2. The second kappa shape index (κ2) is 7.28. The molecule has 0 radical (unpaired) electrons. The number of carbonyl (C=O) groups is 1. The van der Waals surface area contributed by atoms with Crippen LogP contribution < -0.4 is 25.0 Å². The minimum atomic E-state index is -0.0152. The maximum atomic E-state index is 11.6. The Morgan fingerprint density at radius 1 is 1.16 bits per heavy atom. The highest BCUT2D eigenvalue weighted by atomic mass is 16.5. The van der Waals surface area contributed by atoms with Gasteiger partial charge in [0.05, 0.1) is 17.9 Å². The van der Waals surface area contributed by atoms with Crippen LogP contribution >= 0.6 is 0 Å². The van der Waals surface area contributed by atoms with Gasteiger partial charge in [-0.15, -0.1) is 0 Å². The predicted octanol–water partition coefficient (Wildman–Crippen LogP) is 2.48. The minimum absolute atomic E-state index is 0.0152. The van der Waals surface area contributed by atoms with Crippen LogP contribution in [0.4, 0.5) is 11.8 Å². The summed E-state index contributed by atoms with van der Waals surface area (Å²) in [5.41, 5.74) is 4.24. The summed E-state index contributed by atoms with van der Waals surface area (Å²) in [6.45, 7) is 2.91. The molecule has 1 amide bonds. The molecule has 0 atom stereocenters. The van der Waals surface area contributed by atoms with Crippen molar-refractivity contribution in [3.63, 3.8) is 0 Å². The van der Waals surface area contributed by atoms with E-state index in [0.717, 1.165) is 59.5 Å². The molecule has 3 aliphatic rings. The van der Waals surface area contributed by atoms with Crippen LogP contribution in [0.1, 0.15) is 28.9 Å². The summed E-state index contributed by atoms with van der Waals surface area (Å²) in [6, 6.07) is 7.68. The first-order chi connectivity index (χ1) is 15.2. The number of aromatic amines is 1. The van der Waals surface area contributed by atoms with E-state index in [0.29, 0.717) is 37.7 Å². The van der Waals surface area contributed by atoms with E-state index < -0.39 is 0 Å². The molecule has 6 rings (SSSR count). The molecule has 158 valence electrons. The molecule has 31 heavy (non-hydrogen) atoms. The molecule has 3 aromatic rings. The molecular formula is C22H22N6O3. The van der Waals surface area contributed by atoms with E-state index in [2.05, 4.69) is 25.5 Å². The normalized spacial score (nSPS) is 17.2. The third-order valence-corrected chi connectivity index (χ3v) is 5.86. The highest BCUT2D eigenvalue weighted by molar-refractivity contribution is 5.93. The first-order valence-corrected chi connectivity index (χ1v) is 10.5. The first-order valence-electron chi connectivity index (χ1n) is 10.5. The molecule has 9 heteroatoms. The predicted molar refractivity (Wildman–Crippen MR) is 113 cm³/mol. The zero-order chi connectivity index (χ0) is 20.8. The van der Waals surface area contributed by atoms with Crippen molar-refractivity contribution in [1.29, 1.82) is 0 Å². The molecule has 0 spiro atoms. The molecule has 0 bridgehead atoms. The molecule has 2 aromatic heterocycles. The number of pyridine rings is 1. The van der Waals surface area contributed by atoms with Crippen LogP contribution in [0.15, 0.2) is 30.5 Å². The van der Waals surface area contributed by atoms with Gasteiger partial charge >= 0.3 is 0 Å². The van der Waals surface area contributed by atoms with Crippen LogP contribution in [0, 0.1) is 0 Å². The van der Waals surface area contributed by atoms with Crippen molar-refractivity contribution in [3.8, 4) is 17.2 Å². The lowest BCUT2D eigenvalue weighted by atomic mass is 10.1. The molecule has 0 fully saturated rings. The number of benzene rings is 1. The summed E-state index contributed by atoms with van der Waals surface area (Å²) >= 11 is 0. The van der Waals surface area contributed by atoms with Gasteiger partial charge in [0.2, 0.25) is 11.9 Å². The monoisotopic (exact) mass is 418 g/mol. The molecule has 1 aromatic carbocycles. The number of nitrogens with zero attached hydrogens (tertiary/aromatic N) is 3. The molecular weight excluding hydrogens is 396 g/mol. The second-order valence-electron chi connectivity index (χ2n) is 7.94. The Morgan fingerprint density at radius 3 is 3.06 bits per heavy atom. The molecule has 9 nitrogen and oxygen atoms in total. The molecule has 3 N–H and O–H groups in total. The standard InChI is InChI=1S/C22H22N6O3/c29-20-4-2-15-19(6-8-24-21(15)27-20)31-14-1-3-18-13(9-14)11-28(12-30-18)22-25-16-5-7-23-10-17(16)26-22/h1,3,6,8-9,23H,2,4-5,7,10-12H2,(H,25,26)(H,24,27,29). The number of fused-ring (bicyclic) bond motifs is 3. The Kier molecular flexibility index (Phi) is 4.27. The van der Waals surface area contributed by atoms with E-state index in [-0.39, 0.29) is 5.91 Å². The maximum absolute atomic E-state index is 11.6. The Labute approximate surface area is 178 Å². The largest absolute Gasteiger partial charge is 0.473 e. The fourth-order valence-electron chi connectivity index (χ4n) is 4.25. The number of nitrogens with one attached hydrogen (secondary N) is 3. The van der Waals surface area contributed by atoms with Crippen LogP contribution in [0.5, 0.6) is 17.2 Å². The number of rotatable bonds is 3. The van der Waals surface area contributed by atoms with Crippen molar-refractivity contribution < 1.29 is 14.3 Å². The average molecular weight is 418 g/mol. The molecule has 3 aliphatic heterocycles. The van der Waals surface area contributed by atoms with Gasteiger partial charge in [-0.2, -0.15) is 0 Å². The number of hydrogen-bond acceptors (Lipinski definition) is 7. The number of carbonyl (C=O) groups excluding carboxylic acids is 1. The summed E-state index contributed by atoms with van der Waals surface area (Å²) in [5, 5.41) is 6.17. The first kappa shape index (κ1) is 18.2. The zero-order valence-corrected chi connectivity index (χ0v) is 16.9. The topological polar surface area (TPSA) is 104 Å². The van der Waals surface area contributed by atoms with Crippen molar-refractivity contribution >= 4 is 17.7 Å².